The van der Waals surface area contributed by atoms with Gasteiger partial charge in [-0.15, -0.1) is 0 Å². The van der Waals surface area contributed by atoms with Gasteiger partial charge in [-0.05, 0) is 41.0 Å². The summed E-state index contributed by atoms with van der Waals surface area (Å²) in [7, 11) is -3.58. The molecule has 8 heteroatoms. The zero-order valence-electron chi connectivity index (χ0n) is 11.8. The van der Waals surface area contributed by atoms with Crippen LogP contribution in [0, 0.1) is 0 Å². The fourth-order valence-corrected chi connectivity index (χ4v) is 5.10. The molecule has 0 spiro atoms. The van der Waals surface area contributed by atoms with Crippen molar-refractivity contribution in [2.45, 2.75) is 18.2 Å². The molecule has 2 rings (SSSR count). The van der Waals surface area contributed by atoms with Gasteiger partial charge in [0.05, 0.1) is 9.37 Å². The molecule has 1 saturated heterocycles. The molecule has 1 heterocycles. The van der Waals surface area contributed by atoms with Gasteiger partial charge in [-0.25, -0.2) is 8.42 Å². The number of halogens is 2. The quantitative estimate of drug-likeness (QED) is 0.794. The van der Waals surface area contributed by atoms with Gasteiger partial charge >= 0.3 is 0 Å². The number of nitrogen functional groups attached to an aromatic ring is 1. The fraction of sp³-hybridized carbons (Fsp3) is 0.538. The minimum absolute atomic E-state index is 0.136. The smallest absolute Gasteiger partial charge is 0.244 e. The molecular weight excluding hydrogens is 378 g/mol. The third kappa shape index (κ3) is 3.71. The van der Waals surface area contributed by atoms with E-state index in [1.807, 2.05) is 0 Å². The van der Waals surface area contributed by atoms with Crippen LogP contribution in [-0.2, 0) is 10.0 Å². The number of hydrogen-bond acceptors (Lipinski definition) is 4. The van der Waals surface area contributed by atoms with Gasteiger partial charge in [-0.2, -0.15) is 4.31 Å². The first-order valence-electron chi connectivity index (χ1n) is 6.83. The van der Waals surface area contributed by atoms with E-state index in [1.54, 1.807) is 0 Å². The first-order valence-corrected chi connectivity index (χ1v) is 9.44. The molecule has 0 unspecified atom stereocenters. The van der Waals surface area contributed by atoms with Crippen LogP contribution in [-0.4, -0.2) is 50.3 Å². The van der Waals surface area contributed by atoms with Gasteiger partial charge in [-0.1, -0.05) is 18.5 Å². The van der Waals surface area contributed by atoms with E-state index in [4.69, 9.17) is 17.3 Å². The summed E-state index contributed by atoms with van der Waals surface area (Å²) in [6, 6.07) is 2.97. The zero-order valence-corrected chi connectivity index (χ0v) is 15.0. The molecule has 1 aliphatic rings. The lowest BCUT2D eigenvalue weighted by Gasteiger charge is -2.34. The van der Waals surface area contributed by atoms with Crippen LogP contribution < -0.4 is 5.73 Å². The van der Waals surface area contributed by atoms with Crippen molar-refractivity contribution in [3.63, 3.8) is 0 Å². The van der Waals surface area contributed by atoms with Gasteiger partial charge in [0, 0.05) is 36.9 Å². The Morgan fingerprint density at radius 1 is 1.29 bits per heavy atom. The Bertz CT molecular complexity index is 616. The normalized spacial score (nSPS) is 18.0. The summed E-state index contributed by atoms with van der Waals surface area (Å²) in [5, 5.41) is 0.318. The van der Waals surface area contributed by atoms with Gasteiger partial charge < -0.3 is 10.6 Å². The second-order valence-electron chi connectivity index (χ2n) is 5.05. The van der Waals surface area contributed by atoms with Crippen LogP contribution >= 0.6 is 27.5 Å². The number of anilines is 1. The SMILES string of the molecule is CCCN1CCN(S(=O)(=O)c2cc(Cl)cc(N)c2Br)CC1. The number of hydrogen-bond donors (Lipinski definition) is 1. The summed E-state index contributed by atoms with van der Waals surface area (Å²) in [6.45, 7) is 5.60. The third-order valence-electron chi connectivity index (χ3n) is 3.52. The van der Waals surface area contributed by atoms with Crippen LogP contribution in [0.5, 0.6) is 0 Å². The Labute approximate surface area is 139 Å². The molecule has 0 aromatic heterocycles. The Balaban J connectivity index is 2.24. The van der Waals surface area contributed by atoms with Crippen LogP contribution in [0.2, 0.25) is 5.02 Å². The van der Waals surface area contributed by atoms with E-state index in [1.165, 1.54) is 16.4 Å². The fourth-order valence-electron chi connectivity index (χ4n) is 2.42. The van der Waals surface area contributed by atoms with Crippen molar-refractivity contribution < 1.29 is 8.42 Å². The second-order valence-corrected chi connectivity index (χ2v) is 8.19. The van der Waals surface area contributed by atoms with Gasteiger partial charge in [0.15, 0.2) is 0 Å². The summed E-state index contributed by atoms with van der Waals surface area (Å²) >= 11 is 9.19. The monoisotopic (exact) mass is 395 g/mol. The maximum atomic E-state index is 12.7. The van der Waals surface area contributed by atoms with E-state index < -0.39 is 10.0 Å². The highest BCUT2D eigenvalue weighted by atomic mass is 79.9. The lowest BCUT2D eigenvalue weighted by Crippen LogP contribution is -2.48. The van der Waals surface area contributed by atoms with E-state index in [0.29, 0.717) is 28.3 Å². The molecule has 0 bridgehead atoms. The topological polar surface area (TPSA) is 66.6 Å². The van der Waals surface area contributed by atoms with Gasteiger partial charge in [0.25, 0.3) is 0 Å². The van der Waals surface area contributed by atoms with E-state index in [-0.39, 0.29) is 4.90 Å². The summed E-state index contributed by atoms with van der Waals surface area (Å²) in [5.41, 5.74) is 6.11. The largest absolute Gasteiger partial charge is 0.398 e. The Morgan fingerprint density at radius 3 is 2.48 bits per heavy atom. The number of benzene rings is 1. The number of rotatable bonds is 4. The summed E-state index contributed by atoms with van der Waals surface area (Å²) in [5.74, 6) is 0. The number of nitrogens with zero attached hydrogens (tertiary/aromatic N) is 2. The lowest BCUT2D eigenvalue weighted by molar-refractivity contribution is 0.188. The molecular formula is C13H19BrClN3O2S. The molecule has 1 fully saturated rings. The van der Waals surface area contributed by atoms with Crippen LogP contribution in [0.25, 0.3) is 0 Å². The van der Waals surface area contributed by atoms with Crippen molar-refractivity contribution in [2.24, 2.45) is 0 Å². The standard InChI is InChI=1S/C13H19BrClN3O2S/c1-2-3-17-4-6-18(7-5-17)21(19,20)12-9-10(15)8-11(16)13(12)14/h8-9H,2-7,16H2,1H3. The Kier molecular flexibility index (Phi) is 5.54. The second kappa shape index (κ2) is 6.83. The molecule has 5 nitrogen and oxygen atoms in total. The number of piperazine rings is 1. The molecule has 1 aliphatic heterocycles. The van der Waals surface area contributed by atoms with Gasteiger partial charge in [0.1, 0.15) is 0 Å². The van der Waals surface area contributed by atoms with E-state index >= 15 is 0 Å². The zero-order chi connectivity index (χ0) is 15.6. The molecule has 118 valence electrons. The maximum absolute atomic E-state index is 12.7. The van der Waals surface area contributed by atoms with Crippen molar-refractivity contribution in [3.8, 4) is 0 Å². The molecule has 0 radical (unpaired) electrons. The van der Waals surface area contributed by atoms with Crippen LogP contribution in [0.1, 0.15) is 13.3 Å². The predicted molar refractivity (Wildman–Crippen MR) is 89.1 cm³/mol. The first kappa shape index (κ1) is 17.0. The van der Waals surface area contributed by atoms with Crippen LogP contribution in [0.15, 0.2) is 21.5 Å². The summed E-state index contributed by atoms with van der Waals surface area (Å²) < 4.78 is 27.4. The highest BCUT2D eigenvalue weighted by Gasteiger charge is 2.30. The Hall–Kier alpha value is -0.340. The van der Waals surface area contributed by atoms with E-state index in [0.717, 1.165) is 26.1 Å². The molecule has 0 saturated carbocycles. The molecule has 1 aromatic carbocycles. The molecule has 1 aromatic rings. The van der Waals surface area contributed by atoms with E-state index in [2.05, 4.69) is 27.8 Å². The average molecular weight is 397 g/mol. The predicted octanol–water partition coefficient (Wildman–Crippen LogP) is 2.40. The molecule has 0 amide bonds. The number of nitrogens with two attached hydrogens (primary N) is 1. The highest BCUT2D eigenvalue weighted by Crippen LogP contribution is 2.33. The minimum atomic E-state index is -3.58. The van der Waals surface area contributed by atoms with Crippen LogP contribution in [0.4, 0.5) is 5.69 Å². The average Bonchev–Trinajstić information content (AvgIpc) is 2.43. The lowest BCUT2D eigenvalue weighted by atomic mass is 10.3. The van der Waals surface area contributed by atoms with Gasteiger partial charge in [0.2, 0.25) is 10.0 Å². The third-order valence-corrected chi connectivity index (χ3v) is 6.81. The molecule has 0 atom stereocenters. The molecule has 21 heavy (non-hydrogen) atoms. The molecule has 0 aliphatic carbocycles. The first-order chi connectivity index (χ1) is 9.86. The van der Waals surface area contributed by atoms with Crippen molar-refractivity contribution in [1.29, 1.82) is 0 Å². The Morgan fingerprint density at radius 2 is 1.90 bits per heavy atom. The maximum Gasteiger partial charge on any atom is 0.244 e. The summed E-state index contributed by atoms with van der Waals surface area (Å²) in [4.78, 5) is 2.41. The summed E-state index contributed by atoms with van der Waals surface area (Å²) in [6.07, 6.45) is 1.07. The van der Waals surface area contributed by atoms with Gasteiger partial charge in [-0.3, -0.25) is 0 Å². The highest BCUT2D eigenvalue weighted by molar-refractivity contribution is 9.10. The van der Waals surface area contributed by atoms with E-state index in [9.17, 15) is 8.42 Å². The van der Waals surface area contributed by atoms with Crippen molar-refractivity contribution >= 4 is 43.2 Å². The molecule has 2 N–H and O–H groups in total. The minimum Gasteiger partial charge on any atom is -0.398 e. The van der Waals surface area contributed by atoms with Crippen LogP contribution in [0.3, 0.4) is 0 Å². The number of sulfonamides is 1. The van der Waals surface area contributed by atoms with Crippen molar-refractivity contribution in [1.82, 2.24) is 9.21 Å². The van der Waals surface area contributed by atoms with Crippen molar-refractivity contribution in [3.05, 3.63) is 21.6 Å². The van der Waals surface area contributed by atoms with Crippen molar-refractivity contribution in [2.75, 3.05) is 38.5 Å².